The number of amides is 2. The highest BCUT2D eigenvalue weighted by Gasteiger charge is 2.74. The zero-order valence-electron chi connectivity index (χ0n) is 20.8. The van der Waals surface area contributed by atoms with Gasteiger partial charge in [-0.25, -0.2) is 0 Å². The topological polar surface area (TPSA) is 87.1 Å². The van der Waals surface area contributed by atoms with Crippen LogP contribution >= 0.6 is 11.8 Å². The fraction of sp³-hybridized carbons (Fsp3) is 0.414. The largest absolute Gasteiger partial charge is 0.461 e. The van der Waals surface area contributed by atoms with Gasteiger partial charge in [0.05, 0.1) is 16.6 Å². The van der Waals surface area contributed by atoms with Crippen molar-refractivity contribution in [3.8, 4) is 0 Å². The minimum Gasteiger partial charge on any atom is -0.461 e. The Balaban J connectivity index is 1.54. The van der Waals surface area contributed by atoms with Crippen molar-refractivity contribution in [3.63, 3.8) is 0 Å². The minimum atomic E-state index is -0.741. The number of rotatable bonds is 10. The number of hydrogen-bond acceptors (Lipinski definition) is 6. The number of benzene rings is 2. The summed E-state index contributed by atoms with van der Waals surface area (Å²) >= 11 is 1.61. The number of ether oxygens (including phenoxy) is 1. The van der Waals surface area contributed by atoms with E-state index < -0.39 is 28.6 Å². The fourth-order valence-corrected chi connectivity index (χ4v) is 8.56. The van der Waals surface area contributed by atoms with Crippen LogP contribution in [0.5, 0.6) is 0 Å². The molecule has 3 aliphatic rings. The Hall–Kier alpha value is -3.10. The number of hydrogen-bond donors (Lipinski definition) is 1. The molecule has 2 aromatic carbocycles. The zero-order valence-corrected chi connectivity index (χ0v) is 21.6. The molecule has 7 nitrogen and oxygen atoms in total. The van der Waals surface area contributed by atoms with Crippen molar-refractivity contribution in [1.29, 1.82) is 0 Å². The lowest BCUT2D eigenvalue weighted by Gasteiger charge is -2.37. The molecule has 0 aliphatic carbocycles. The highest BCUT2D eigenvalue weighted by Crippen LogP contribution is 2.66. The standard InChI is InChI=1S/C29H32N2O5S/c1-3-14-30(21-11-10-19-8-5-6-9-20(19)18-21)27(34)25-29-13-12-22(37-29)23(28(35)36-17-4-2)24(29)26(33)31(25)15-7-16-32/h3-6,8-11,18,22-25,32H,1-2,7,12-17H2/t22-,23+,24+,25?,29?/m1/s1. The van der Waals surface area contributed by atoms with Crippen molar-refractivity contribution in [2.24, 2.45) is 11.8 Å². The molecule has 2 bridgehead atoms. The van der Waals surface area contributed by atoms with Gasteiger partial charge in [-0.05, 0) is 42.2 Å². The number of nitrogens with zero attached hydrogens (tertiary/aromatic N) is 2. The van der Waals surface area contributed by atoms with Crippen LogP contribution in [0.25, 0.3) is 10.8 Å². The Bertz CT molecular complexity index is 1250. The third-order valence-corrected chi connectivity index (χ3v) is 9.78. The van der Waals surface area contributed by atoms with E-state index in [1.54, 1.807) is 27.6 Å². The molecule has 1 N–H and O–H groups in total. The molecular formula is C29H32N2O5S. The molecule has 2 amide bonds. The summed E-state index contributed by atoms with van der Waals surface area (Å²) < 4.78 is 4.69. The first-order valence-corrected chi connectivity index (χ1v) is 13.6. The summed E-state index contributed by atoms with van der Waals surface area (Å²) in [4.78, 5) is 44.7. The van der Waals surface area contributed by atoms with Crippen LogP contribution in [0.2, 0.25) is 0 Å². The molecule has 2 unspecified atom stereocenters. The predicted octanol–water partition coefficient (Wildman–Crippen LogP) is 3.56. The van der Waals surface area contributed by atoms with Crippen molar-refractivity contribution in [2.75, 3.05) is 31.2 Å². The molecular weight excluding hydrogens is 488 g/mol. The average Bonchev–Trinajstić information content (AvgIpc) is 3.56. The molecule has 0 radical (unpaired) electrons. The summed E-state index contributed by atoms with van der Waals surface area (Å²) in [6.07, 6.45) is 4.98. The highest BCUT2D eigenvalue weighted by atomic mass is 32.2. The quantitative estimate of drug-likeness (QED) is 0.381. The van der Waals surface area contributed by atoms with Crippen LogP contribution in [-0.2, 0) is 19.1 Å². The van der Waals surface area contributed by atoms with Crippen molar-refractivity contribution in [3.05, 3.63) is 67.8 Å². The number of carbonyl (C=O) groups excluding carboxylic acids is 3. The molecule has 3 heterocycles. The van der Waals surface area contributed by atoms with Gasteiger partial charge in [0, 0.05) is 30.6 Å². The lowest BCUT2D eigenvalue weighted by atomic mass is 9.71. The fourth-order valence-electron chi connectivity index (χ4n) is 6.36. The SMILES string of the molecule is C=CCOC(=O)[C@@H]1[C@H]2C(=O)N(CCCO)C(C(=O)N(CC=C)c3ccc4ccccc4c3)C23CC[C@H]1S3. The van der Waals surface area contributed by atoms with Crippen LogP contribution in [0.3, 0.4) is 0 Å². The van der Waals surface area contributed by atoms with Crippen molar-refractivity contribution >= 4 is 46.0 Å². The molecule has 2 aromatic rings. The molecule has 5 atom stereocenters. The molecule has 8 heteroatoms. The van der Waals surface area contributed by atoms with Gasteiger partial charge in [-0.2, -0.15) is 0 Å². The normalized spacial score (nSPS) is 27.8. The number of fused-ring (bicyclic) bond motifs is 2. The van der Waals surface area contributed by atoms with Gasteiger partial charge in [0.15, 0.2) is 0 Å². The summed E-state index contributed by atoms with van der Waals surface area (Å²) in [5, 5.41) is 11.6. The number of likely N-dealkylation sites (tertiary alicyclic amines) is 1. The lowest BCUT2D eigenvalue weighted by Crippen LogP contribution is -2.55. The second kappa shape index (κ2) is 10.3. The number of carbonyl (C=O) groups is 3. The maximum Gasteiger partial charge on any atom is 0.311 e. The molecule has 3 aliphatic heterocycles. The van der Waals surface area contributed by atoms with Gasteiger partial charge in [0.2, 0.25) is 5.91 Å². The number of anilines is 1. The second-order valence-electron chi connectivity index (χ2n) is 9.85. The molecule has 194 valence electrons. The van der Waals surface area contributed by atoms with Gasteiger partial charge in [0.25, 0.3) is 5.91 Å². The maximum atomic E-state index is 14.4. The van der Waals surface area contributed by atoms with E-state index in [0.29, 0.717) is 12.8 Å². The van der Waals surface area contributed by atoms with E-state index in [1.807, 2.05) is 42.5 Å². The third-order valence-electron chi connectivity index (χ3n) is 7.83. The van der Waals surface area contributed by atoms with Crippen LogP contribution in [0.15, 0.2) is 67.8 Å². The van der Waals surface area contributed by atoms with Gasteiger partial charge < -0.3 is 19.6 Å². The smallest absolute Gasteiger partial charge is 0.311 e. The van der Waals surface area contributed by atoms with Crippen LogP contribution in [0, 0.1) is 11.8 Å². The summed E-state index contributed by atoms with van der Waals surface area (Å²) in [7, 11) is 0. The van der Waals surface area contributed by atoms with Crippen LogP contribution in [0.1, 0.15) is 19.3 Å². The molecule has 3 fully saturated rings. The first-order chi connectivity index (χ1) is 18.0. The number of aliphatic hydroxyl groups excluding tert-OH is 1. The second-order valence-corrected chi connectivity index (χ2v) is 11.5. The van der Waals surface area contributed by atoms with Gasteiger partial charge in [-0.1, -0.05) is 49.1 Å². The van der Waals surface area contributed by atoms with E-state index in [2.05, 4.69) is 13.2 Å². The van der Waals surface area contributed by atoms with E-state index in [1.165, 1.54) is 6.08 Å². The molecule has 3 saturated heterocycles. The first-order valence-electron chi connectivity index (χ1n) is 12.7. The molecule has 5 rings (SSSR count). The number of thioether (sulfide) groups is 1. The van der Waals surface area contributed by atoms with Gasteiger partial charge >= 0.3 is 5.97 Å². The van der Waals surface area contributed by atoms with Crippen molar-refractivity contribution in [1.82, 2.24) is 4.90 Å². The summed E-state index contributed by atoms with van der Waals surface area (Å²) in [6, 6.07) is 13.1. The Morgan fingerprint density at radius 1 is 1.19 bits per heavy atom. The van der Waals surface area contributed by atoms with E-state index in [4.69, 9.17) is 4.74 Å². The van der Waals surface area contributed by atoms with Crippen LogP contribution in [0.4, 0.5) is 5.69 Å². The van der Waals surface area contributed by atoms with E-state index in [-0.39, 0.29) is 43.4 Å². The summed E-state index contributed by atoms with van der Waals surface area (Å²) in [6.45, 7) is 8.02. The summed E-state index contributed by atoms with van der Waals surface area (Å²) in [5.74, 6) is -1.99. The number of esters is 1. The Kier molecular flexibility index (Phi) is 7.14. The highest BCUT2D eigenvalue weighted by molar-refractivity contribution is 8.02. The van der Waals surface area contributed by atoms with Crippen LogP contribution < -0.4 is 4.90 Å². The monoisotopic (exact) mass is 520 g/mol. The predicted molar refractivity (Wildman–Crippen MR) is 145 cm³/mol. The van der Waals surface area contributed by atoms with E-state index in [0.717, 1.165) is 22.9 Å². The number of aliphatic hydroxyl groups is 1. The lowest BCUT2D eigenvalue weighted by molar-refractivity contribution is -0.153. The van der Waals surface area contributed by atoms with Gasteiger partial charge in [0.1, 0.15) is 12.6 Å². The van der Waals surface area contributed by atoms with E-state index in [9.17, 15) is 19.5 Å². The van der Waals surface area contributed by atoms with E-state index >= 15 is 0 Å². The summed E-state index contributed by atoms with van der Waals surface area (Å²) in [5.41, 5.74) is 0.734. The molecule has 1 spiro atoms. The third kappa shape index (κ3) is 4.16. The molecule has 0 aromatic heterocycles. The average molecular weight is 521 g/mol. The Labute approximate surface area is 221 Å². The first kappa shape index (κ1) is 25.5. The minimum absolute atomic E-state index is 0.0601. The zero-order chi connectivity index (χ0) is 26.2. The van der Waals surface area contributed by atoms with Crippen molar-refractivity contribution in [2.45, 2.75) is 35.3 Å². The van der Waals surface area contributed by atoms with Gasteiger partial charge in [-0.15, -0.1) is 18.3 Å². The van der Waals surface area contributed by atoms with Crippen molar-refractivity contribution < 1.29 is 24.2 Å². The molecule has 37 heavy (non-hydrogen) atoms. The van der Waals surface area contributed by atoms with Gasteiger partial charge in [-0.3, -0.25) is 14.4 Å². The molecule has 0 saturated carbocycles. The Morgan fingerprint density at radius 2 is 1.97 bits per heavy atom. The van der Waals surface area contributed by atoms with Crippen LogP contribution in [-0.4, -0.2) is 70.1 Å². The Morgan fingerprint density at radius 3 is 2.70 bits per heavy atom. The maximum absolute atomic E-state index is 14.4.